The highest BCUT2D eigenvalue weighted by molar-refractivity contribution is 7.26. The molecule has 0 bridgehead atoms. The van der Waals surface area contributed by atoms with Crippen molar-refractivity contribution in [2.75, 3.05) is 0 Å². The molecule has 0 spiro atoms. The summed E-state index contributed by atoms with van der Waals surface area (Å²) in [6.45, 7) is 0. The Morgan fingerprint density at radius 3 is 1.58 bits per heavy atom. The predicted octanol–water partition coefficient (Wildman–Crippen LogP) is 15.0. The molecule has 0 N–H and O–H groups in total. The first-order chi connectivity index (χ1) is 28.2. The molecule has 0 atom stereocenters. The van der Waals surface area contributed by atoms with Gasteiger partial charge in [-0.2, -0.15) is 0 Å². The summed E-state index contributed by atoms with van der Waals surface area (Å²) < 4.78 is 15.1. The Morgan fingerprint density at radius 1 is 0.368 bits per heavy atom. The van der Waals surface area contributed by atoms with E-state index in [1.807, 2.05) is 30.3 Å². The fraction of sp³-hybridized carbons (Fsp3) is 0. The highest BCUT2D eigenvalue weighted by Gasteiger charge is 2.19. The second-order valence-electron chi connectivity index (χ2n) is 14.5. The van der Waals surface area contributed by atoms with Gasteiger partial charge in [-0.25, -0.2) is 9.97 Å². The van der Waals surface area contributed by atoms with Crippen LogP contribution in [-0.4, -0.2) is 9.97 Å². The van der Waals surface area contributed by atoms with Gasteiger partial charge in [-0.3, -0.25) is 0 Å². The number of para-hydroxylation sites is 4. The van der Waals surface area contributed by atoms with Crippen molar-refractivity contribution in [3.05, 3.63) is 182 Å². The van der Waals surface area contributed by atoms with Crippen LogP contribution in [0.3, 0.4) is 0 Å². The first-order valence-electron chi connectivity index (χ1n) is 19.1. The van der Waals surface area contributed by atoms with Crippen molar-refractivity contribution in [2.24, 2.45) is 0 Å². The van der Waals surface area contributed by atoms with Crippen LogP contribution in [-0.2, 0) is 0 Å². The highest BCUT2D eigenvalue weighted by Crippen LogP contribution is 2.43. The van der Waals surface area contributed by atoms with Gasteiger partial charge in [-0.15, -0.1) is 11.3 Å². The third-order valence-electron chi connectivity index (χ3n) is 11.1. The molecule has 0 aliphatic rings. The molecule has 12 aromatic rings. The van der Waals surface area contributed by atoms with Gasteiger partial charge in [0.25, 0.3) is 0 Å². The van der Waals surface area contributed by atoms with E-state index in [2.05, 4.69) is 152 Å². The average Bonchev–Trinajstić information content (AvgIpc) is 3.98. The molecule has 0 radical (unpaired) electrons. The number of benzene rings is 8. The first kappa shape index (κ1) is 32.0. The van der Waals surface area contributed by atoms with Crippen LogP contribution in [0.25, 0.3) is 120 Å². The van der Waals surface area contributed by atoms with Crippen molar-refractivity contribution in [3.8, 4) is 56.0 Å². The maximum absolute atomic E-state index is 6.43. The van der Waals surface area contributed by atoms with Crippen molar-refractivity contribution >= 4 is 75.5 Å². The molecular formula is C52H30N2O2S. The number of hydrogen-bond acceptors (Lipinski definition) is 5. The Hall–Kier alpha value is -7.34. The molecule has 57 heavy (non-hydrogen) atoms. The number of fused-ring (bicyclic) bond motifs is 9. The van der Waals surface area contributed by atoms with Crippen molar-refractivity contribution < 1.29 is 8.83 Å². The van der Waals surface area contributed by atoms with Gasteiger partial charge in [0.1, 0.15) is 22.3 Å². The summed E-state index contributed by atoms with van der Waals surface area (Å²) in [6.07, 6.45) is 0. The molecule has 0 saturated heterocycles. The minimum absolute atomic E-state index is 0.686. The summed E-state index contributed by atoms with van der Waals surface area (Å²) >= 11 is 1.75. The van der Waals surface area contributed by atoms with Gasteiger partial charge in [0.05, 0.1) is 15.9 Å². The summed E-state index contributed by atoms with van der Waals surface area (Å²) in [5, 5.41) is 5.59. The zero-order valence-corrected chi connectivity index (χ0v) is 31.3. The summed E-state index contributed by atoms with van der Waals surface area (Å²) in [6, 6.07) is 63.7. The molecular weight excluding hydrogens is 717 g/mol. The minimum Gasteiger partial charge on any atom is -0.455 e. The molecule has 0 aliphatic carbocycles. The zero-order chi connectivity index (χ0) is 37.5. The quantitative estimate of drug-likeness (QED) is 0.176. The van der Waals surface area contributed by atoms with Crippen LogP contribution in [0.1, 0.15) is 0 Å². The minimum atomic E-state index is 0.686. The van der Waals surface area contributed by atoms with Crippen molar-refractivity contribution in [1.82, 2.24) is 9.97 Å². The molecule has 4 nitrogen and oxygen atoms in total. The van der Waals surface area contributed by atoms with Crippen molar-refractivity contribution in [1.29, 1.82) is 0 Å². The molecule has 4 heterocycles. The third kappa shape index (κ3) is 5.13. The Balaban J connectivity index is 1.01. The number of nitrogens with zero attached hydrogens (tertiary/aromatic N) is 2. The lowest BCUT2D eigenvalue weighted by molar-refractivity contribution is 0.669. The lowest BCUT2D eigenvalue weighted by Crippen LogP contribution is -1.94. The van der Waals surface area contributed by atoms with Gasteiger partial charge >= 0.3 is 0 Å². The second-order valence-corrected chi connectivity index (χ2v) is 15.5. The second kappa shape index (κ2) is 12.6. The van der Waals surface area contributed by atoms with E-state index in [1.165, 1.54) is 4.70 Å². The SMILES string of the molecule is c1ccc(-c2nc(-c3cccc(-c4cccc5c4oc4ccccc45)c3)nc3c2sc2ccc(-c4cccc(-c5cccc6c5oc5ccccc56)c4)cc23)cc1. The lowest BCUT2D eigenvalue weighted by atomic mass is 9.97. The Bertz CT molecular complexity index is 3540. The van der Waals surface area contributed by atoms with E-state index in [1.54, 1.807) is 11.3 Å². The molecule has 0 saturated carbocycles. The van der Waals surface area contributed by atoms with E-state index in [-0.39, 0.29) is 0 Å². The van der Waals surface area contributed by atoms with E-state index < -0.39 is 0 Å². The van der Waals surface area contributed by atoms with E-state index in [4.69, 9.17) is 18.8 Å². The zero-order valence-electron chi connectivity index (χ0n) is 30.4. The Labute approximate surface area is 330 Å². The van der Waals surface area contributed by atoms with E-state index in [9.17, 15) is 0 Å². The number of aromatic nitrogens is 2. The summed E-state index contributed by atoms with van der Waals surface area (Å²) in [5.41, 5.74) is 14.0. The largest absolute Gasteiger partial charge is 0.455 e. The average molecular weight is 747 g/mol. The van der Waals surface area contributed by atoms with Crippen LogP contribution in [0.5, 0.6) is 0 Å². The van der Waals surface area contributed by atoms with Gasteiger partial charge in [0, 0.05) is 53.9 Å². The lowest BCUT2D eigenvalue weighted by Gasteiger charge is -2.09. The van der Waals surface area contributed by atoms with Crippen LogP contribution in [0.2, 0.25) is 0 Å². The fourth-order valence-corrected chi connectivity index (χ4v) is 9.52. The maximum atomic E-state index is 6.43. The normalized spacial score (nSPS) is 11.9. The van der Waals surface area contributed by atoms with E-state index in [0.717, 1.165) is 110 Å². The summed E-state index contributed by atoms with van der Waals surface area (Å²) in [5.74, 6) is 0.686. The molecule has 4 aromatic heterocycles. The fourth-order valence-electron chi connectivity index (χ4n) is 8.39. The molecule has 12 rings (SSSR count). The van der Waals surface area contributed by atoms with Crippen LogP contribution >= 0.6 is 11.3 Å². The summed E-state index contributed by atoms with van der Waals surface area (Å²) in [4.78, 5) is 10.7. The monoisotopic (exact) mass is 746 g/mol. The summed E-state index contributed by atoms with van der Waals surface area (Å²) in [7, 11) is 0. The standard InChI is InChI=1S/C52H30N2O2S/c1-2-12-31(13-3-1)47-51-48(54-52(53-47)36-17-9-16-35(29-36)38-21-11-23-42-40-19-5-7-25-45(40)56-50(38)42)43-30-33(26-27-46(43)57-51)32-14-8-15-34(28-32)37-20-10-22-41-39-18-4-6-24-44(39)55-49(37)41/h1-30H. The van der Waals surface area contributed by atoms with Crippen molar-refractivity contribution in [3.63, 3.8) is 0 Å². The number of hydrogen-bond donors (Lipinski definition) is 0. The van der Waals surface area contributed by atoms with Gasteiger partial charge in [-0.05, 0) is 58.7 Å². The molecule has 8 aromatic carbocycles. The number of furan rings is 2. The maximum Gasteiger partial charge on any atom is 0.160 e. The van der Waals surface area contributed by atoms with Crippen LogP contribution in [0.15, 0.2) is 191 Å². The van der Waals surface area contributed by atoms with Gasteiger partial charge in [0.15, 0.2) is 5.82 Å². The predicted molar refractivity (Wildman–Crippen MR) is 237 cm³/mol. The topological polar surface area (TPSA) is 52.1 Å². The van der Waals surface area contributed by atoms with E-state index in [0.29, 0.717) is 5.82 Å². The molecule has 0 aliphatic heterocycles. The number of thiophene rings is 1. The smallest absolute Gasteiger partial charge is 0.160 e. The van der Waals surface area contributed by atoms with Gasteiger partial charge in [0.2, 0.25) is 0 Å². The number of rotatable bonds is 5. The van der Waals surface area contributed by atoms with Crippen LogP contribution < -0.4 is 0 Å². The van der Waals surface area contributed by atoms with E-state index >= 15 is 0 Å². The molecule has 5 heteroatoms. The third-order valence-corrected chi connectivity index (χ3v) is 12.3. The van der Waals surface area contributed by atoms with Crippen molar-refractivity contribution in [2.45, 2.75) is 0 Å². The molecule has 0 fully saturated rings. The Kier molecular flexibility index (Phi) is 7.06. The van der Waals surface area contributed by atoms with Crippen LogP contribution in [0.4, 0.5) is 0 Å². The highest BCUT2D eigenvalue weighted by atomic mass is 32.1. The van der Waals surface area contributed by atoms with Gasteiger partial charge in [-0.1, -0.05) is 146 Å². The molecule has 266 valence electrons. The van der Waals surface area contributed by atoms with Crippen LogP contribution in [0, 0.1) is 0 Å². The Morgan fingerprint density at radius 2 is 0.895 bits per heavy atom. The molecule has 0 amide bonds. The molecule has 0 unspecified atom stereocenters. The van der Waals surface area contributed by atoms with Gasteiger partial charge < -0.3 is 8.83 Å². The first-order valence-corrected chi connectivity index (χ1v) is 19.9.